The zero-order valence-electron chi connectivity index (χ0n) is 12.4. The number of rotatable bonds is 9. The fourth-order valence-electron chi connectivity index (χ4n) is 1.38. The smallest absolute Gasteiger partial charge is 0.394 e. The molecule has 0 aromatic heterocycles. The minimum atomic E-state index is -8.48. The maximum atomic E-state index is 13.1. The second-order valence-corrected chi connectivity index (χ2v) is 4.90. The zero-order valence-corrected chi connectivity index (χ0v) is 12.4. The lowest BCUT2D eigenvalue weighted by atomic mass is 9.91. The van der Waals surface area contributed by atoms with Crippen molar-refractivity contribution < 1.29 is 80.1 Å². The van der Waals surface area contributed by atoms with Gasteiger partial charge in [-0.05, 0) is 0 Å². The Hall–Kier alpha value is -1.20. The van der Waals surface area contributed by atoms with Crippen molar-refractivity contribution in [1.29, 1.82) is 0 Å². The Labute approximate surface area is 143 Å². The van der Waals surface area contributed by atoms with Crippen molar-refractivity contribution in [2.75, 3.05) is 13.2 Å². The summed E-state index contributed by atoms with van der Waals surface area (Å²) in [6, 6.07) is 0. The van der Waals surface area contributed by atoms with Crippen molar-refractivity contribution in [3.63, 3.8) is 0 Å². The van der Waals surface area contributed by atoms with Crippen molar-refractivity contribution in [1.82, 2.24) is 0 Å². The molecule has 0 saturated carbocycles. The summed E-state index contributed by atoms with van der Waals surface area (Å²) in [6.45, 7) is -3.07. The van der Waals surface area contributed by atoms with E-state index >= 15 is 0 Å². The van der Waals surface area contributed by atoms with Gasteiger partial charge in [0.25, 0.3) is 6.36 Å². The molecule has 0 aromatic rings. The second-order valence-electron chi connectivity index (χ2n) is 4.90. The molecule has 1 N–H and O–H groups in total. The van der Waals surface area contributed by atoms with Gasteiger partial charge in [-0.3, -0.25) is 0 Å². The molecule has 1 atom stereocenters. The van der Waals surface area contributed by atoms with Crippen LogP contribution in [0.1, 0.15) is 0 Å². The molecule has 0 rings (SSSR count). The predicted molar refractivity (Wildman–Crippen MR) is 53.7 cm³/mol. The summed E-state index contributed by atoms with van der Waals surface area (Å²) in [6.07, 6.45) is -12.7. The van der Waals surface area contributed by atoms with Crippen LogP contribution in [-0.4, -0.2) is 66.4 Å². The maximum absolute atomic E-state index is 13.1. The van der Waals surface area contributed by atoms with Crippen molar-refractivity contribution >= 4 is 0 Å². The molecular formula is C10H6F16O2. The summed E-state index contributed by atoms with van der Waals surface area (Å²) in [4.78, 5) is 0. The van der Waals surface area contributed by atoms with Crippen molar-refractivity contribution in [2.45, 2.75) is 48.1 Å². The van der Waals surface area contributed by atoms with Gasteiger partial charge in [-0.25, -0.2) is 4.39 Å². The molecule has 0 aliphatic rings. The number of ether oxygens (including phenoxy) is 1. The van der Waals surface area contributed by atoms with E-state index in [0.29, 0.717) is 0 Å². The minimum Gasteiger partial charge on any atom is -0.394 e. The molecule has 28 heavy (non-hydrogen) atoms. The molecule has 0 saturated heterocycles. The fourth-order valence-corrected chi connectivity index (χ4v) is 1.38. The van der Waals surface area contributed by atoms with Gasteiger partial charge in [-0.1, -0.05) is 0 Å². The van der Waals surface area contributed by atoms with Crippen LogP contribution in [-0.2, 0) is 4.74 Å². The Morgan fingerprint density at radius 3 is 1.21 bits per heavy atom. The number of aliphatic hydroxyl groups excluding tert-OH is 1. The first-order valence-corrected chi connectivity index (χ1v) is 6.18. The molecule has 2 nitrogen and oxygen atoms in total. The fraction of sp³-hybridized carbons (Fsp3) is 1.00. The molecule has 0 radical (unpaired) electrons. The Morgan fingerprint density at radius 2 is 0.893 bits per heavy atom. The van der Waals surface area contributed by atoms with Gasteiger partial charge in [-0.2, -0.15) is 65.9 Å². The third kappa shape index (κ3) is 3.56. The standard InChI is InChI=1S/C10H6F16O2/c11-3(28-2-1-27)4(12,13)5(14,15)6(16,17)7(18,19)8(20,21)9(22,23)10(24,25)26/h3,27H,1-2H2. The average molecular weight is 462 g/mol. The highest BCUT2D eigenvalue weighted by Gasteiger charge is 2.94. The molecule has 0 spiro atoms. The highest BCUT2D eigenvalue weighted by Crippen LogP contribution is 2.62. The third-order valence-corrected chi connectivity index (χ3v) is 2.99. The summed E-state index contributed by atoms with van der Waals surface area (Å²) < 4.78 is 207. The first kappa shape index (κ1) is 26.8. The first-order valence-electron chi connectivity index (χ1n) is 6.18. The van der Waals surface area contributed by atoms with E-state index in [0.717, 1.165) is 0 Å². The largest absolute Gasteiger partial charge is 0.460 e. The number of halogens is 16. The monoisotopic (exact) mass is 462 g/mol. The lowest BCUT2D eigenvalue weighted by molar-refractivity contribution is -0.458. The van der Waals surface area contributed by atoms with Crippen LogP contribution in [0.2, 0.25) is 0 Å². The number of hydrogen-bond acceptors (Lipinski definition) is 2. The first-order chi connectivity index (χ1) is 12.0. The minimum absolute atomic E-state index is 1.43. The van der Waals surface area contributed by atoms with E-state index < -0.39 is 61.3 Å². The summed E-state index contributed by atoms with van der Waals surface area (Å²) >= 11 is 0. The summed E-state index contributed by atoms with van der Waals surface area (Å²) in [5, 5.41) is 8.06. The van der Waals surface area contributed by atoms with Crippen LogP contribution in [0.5, 0.6) is 0 Å². The van der Waals surface area contributed by atoms with E-state index in [9.17, 15) is 70.2 Å². The van der Waals surface area contributed by atoms with E-state index in [2.05, 4.69) is 4.74 Å². The van der Waals surface area contributed by atoms with E-state index in [1.807, 2.05) is 0 Å². The highest BCUT2D eigenvalue weighted by molar-refractivity contribution is 5.13. The van der Waals surface area contributed by atoms with Crippen LogP contribution in [0.3, 0.4) is 0 Å². The summed E-state index contributed by atoms with van der Waals surface area (Å²) in [5.74, 6) is -48.5. The van der Waals surface area contributed by atoms with Crippen LogP contribution in [0, 0.1) is 0 Å². The molecule has 0 bridgehead atoms. The quantitative estimate of drug-likeness (QED) is 0.506. The topological polar surface area (TPSA) is 29.5 Å². The van der Waals surface area contributed by atoms with Gasteiger partial charge in [0.05, 0.1) is 13.2 Å². The molecule has 0 aromatic carbocycles. The number of hydrogen-bond donors (Lipinski definition) is 1. The van der Waals surface area contributed by atoms with Gasteiger partial charge >= 0.3 is 41.7 Å². The Bertz CT molecular complexity index is 538. The van der Waals surface area contributed by atoms with Crippen LogP contribution in [0.15, 0.2) is 0 Å². The normalized spacial score (nSPS) is 17.0. The van der Waals surface area contributed by atoms with Gasteiger partial charge in [0.1, 0.15) is 0 Å². The Morgan fingerprint density at radius 1 is 0.571 bits per heavy atom. The van der Waals surface area contributed by atoms with E-state index in [1.165, 1.54) is 0 Å². The van der Waals surface area contributed by atoms with E-state index in [1.54, 1.807) is 0 Å². The molecule has 0 aliphatic heterocycles. The van der Waals surface area contributed by atoms with Crippen LogP contribution < -0.4 is 0 Å². The van der Waals surface area contributed by atoms with Gasteiger partial charge < -0.3 is 9.84 Å². The van der Waals surface area contributed by atoms with Gasteiger partial charge in [0.2, 0.25) is 0 Å². The van der Waals surface area contributed by atoms with Crippen LogP contribution in [0.25, 0.3) is 0 Å². The molecule has 0 amide bonds. The van der Waals surface area contributed by atoms with Gasteiger partial charge in [0, 0.05) is 0 Å². The van der Waals surface area contributed by atoms with Gasteiger partial charge in [0.15, 0.2) is 0 Å². The van der Waals surface area contributed by atoms with Crippen LogP contribution in [0.4, 0.5) is 70.2 Å². The second kappa shape index (κ2) is 7.24. The van der Waals surface area contributed by atoms with Crippen molar-refractivity contribution in [2.24, 2.45) is 0 Å². The lowest BCUT2D eigenvalue weighted by Gasteiger charge is -2.41. The molecule has 0 aliphatic carbocycles. The molecule has 170 valence electrons. The SMILES string of the molecule is OCCOC(F)C(F)(F)C(F)(F)C(F)(F)C(F)(F)C(F)(F)C(F)(F)C(F)(F)F. The Balaban J connectivity index is 6.39. The van der Waals surface area contributed by atoms with E-state index in [4.69, 9.17) is 5.11 Å². The van der Waals surface area contributed by atoms with E-state index in [-0.39, 0.29) is 0 Å². The zero-order chi connectivity index (χ0) is 23.2. The predicted octanol–water partition coefficient (Wildman–Crippen LogP) is 4.67. The summed E-state index contributed by atoms with van der Waals surface area (Å²) in [5.41, 5.74) is 0. The third-order valence-electron chi connectivity index (χ3n) is 2.99. The number of aliphatic hydroxyl groups is 1. The summed E-state index contributed by atoms with van der Waals surface area (Å²) in [7, 11) is 0. The molecule has 1 unspecified atom stereocenters. The van der Waals surface area contributed by atoms with Crippen molar-refractivity contribution in [3.05, 3.63) is 0 Å². The van der Waals surface area contributed by atoms with Gasteiger partial charge in [-0.15, -0.1) is 0 Å². The molecular weight excluding hydrogens is 456 g/mol. The number of alkyl halides is 16. The highest BCUT2D eigenvalue weighted by atomic mass is 19.4. The Kier molecular flexibility index (Phi) is 6.93. The van der Waals surface area contributed by atoms with Crippen molar-refractivity contribution in [3.8, 4) is 0 Å². The molecule has 18 heteroatoms. The maximum Gasteiger partial charge on any atom is 0.460 e. The average Bonchev–Trinajstić information content (AvgIpc) is 2.50. The molecule has 0 heterocycles. The lowest BCUT2D eigenvalue weighted by Crippen LogP contribution is -2.73. The molecule has 0 fully saturated rings. The van der Waals surface area contributed by atoms with Crippen LogP contribution >= 0.6 is 0 Å².